The molecule has 4 heteroatoms. The van der Waals surface area contributed by atoms with Crippen LogP contribution in [0.4, 0.5) is 5.69 Å². The van der Waals surface area contributed by atoms with Gasteiger partial charge in [-0.1, -0.05) is 15.9 Å². The summed E-state index contributed by atoms with van der Waals surface area (Å²) < 4.78 is 2.85. The number of hydrogen-bond acceptors (Lipinski definition) is 1. The van der Waals surface area contributed by atoms with Crippen molar-refractivity contribution in [3.63, 3.8) is 0 Å². The van der Waals surface area contributed by atoms with E-state index in [1.807, 2.05) is 54.2 Å². The second-order valence-electron chi connectivity index (χ2n) is 3.86. The van der Waals surface area contributed by atoms with Crippen LogP contribution in [-0.4, -0.2) is 10.5 Å². The van der Waals surface area contributed by atoms with Crippen molar-refractivity contribution in [2.45, 2.75) is 13.5 Å². The maximum atomic E-state index is 11.8. The predicted octanol–water partition coefficient (Wildman–Crippen LogP) is 3.20. The summed E-state index contributed by atoms with van der Waals surface area (Å²) in [7, 11) is 0. The molecule has 1 amide bonds. The van der Waals surface area contributed by atoms with Crippen molar-refractivity contribution in [2.24, 2.45) is 0 Å². The third-order valence-corrected chi connectivity index (χ3v) is 2.95. The molecule has 0 spiro atoms. The fourth-order valence-corrected chi connectivity index (χ4v) is 2.07. The standard InChI is InChI=1S/C13H13BrN2O/c1-10-8-11(14)4-5-12(10)15-13(17)9-16-6-2-3-7-16/h2-8H,9H2,1H3,(H,15,17). The van der Waals surface area contributed by atoms with Crippen molar-refractivity contribution in [1.82, 2.24) is 4.57 Å². The van der Waals surface area contributed by atoms with Crippen LogP contribution in [0.2, 0.25) is 0 Å². The molecule has 1 heterocycles. The Kier molecular flexibility index (Phi) is 3.64. The molecule has 0 aliphatic carbocycles. The quantitative estimate of drug-likeness (QED) is 0.926. The van der Waals surface area contributed by atoms with Crippen LogP contribution >= 0.6 is 15.9 Å². The van der Waals surface area contributed by atoms with Crippen LogP contribution in [0, 0.1) is 6.92 Å². The maximum absolute atomic E-state index is 11.8. The molecule has 0 unspecified atom stereocenters. The third-order valence-electron chi connectivity index (χ3n) is 2.45. The number of carbonyl (C=O) groups excluding carboxylic acids is 1. The lowest BCUT2D eigenvalue weighted by Gasteiger charge is -2.09. The molecule has 2 aromatic rings. The van der Waals surface area contributed by atoms with Crippen molar-refractivity contribution in [3.8, 4) is 0 Å². The van der Waals surface area contributed by atoms with Crippen LogP contribution in [0.1, 0.15) is 5.56 Å². The minimum Gasteiger partial charge on any atom is -0.345 e. The lowest BCUT2D eigenvalue weighted by molar-refractivity contribution is -0.116. The Bertz CT molecular complexity index is 520. The normalized spacial score (nSPS) is 10.2. The van der Waals surface area contributed by atoms with Crippen LogP contribution in [0.15, 0.2) is 47.2 Å². The van der Waals surface area contributed by atoms with E-state index in [2.05, 4.69) is 21.2 Å². The van der Waals surface area contributed by atoms with Crippen LogP contribution in [-0.2, 0) is 11.3 Å². The van der Waals surface area contributed by atoms with Crippen LogP contribution in [0.25, 0.3) is 0 Å². The summed E-state index contributed by atoms with van der Waals surface area (Å²) in [6.45, 7) is 2.30. The van der Waals surface area contributed by atoms with E-state index in [0.717, 1.165) is 15.7 Å². The monoisotopic (exact) mass is 292 g/mol. The zero-order chi connectivity index (χ0) is 12.3. The molecular weight excluding hydrogens is 280 g/mol. The zero-order valence-electron chi connectivity index (χ0n) is 9.48. The van der Waals surface area contributed by atoms with E-state index < -0.39 is 0 Å². The molecule has 0 saturated carbocycles. The molecule has 0 aliphatic heterocycles. The summed E-state index contributed by atoms with van der Waals surface area (Å²) >= 11 is 3.39. The minimum atomic E-state index is -0.0216. The first kappa shape index (κ1) is 11.9. The van der Waals surface area contributed by atoms with Gasteiger partial charge in [-0.05, 0) is 42.8 Å². The molecule has 17 heavy (non-hydrogen) atoms. The summed E-state index contributed by atoms with van der Waals surface area (Å²) in [6, 6.07) is 9.59. The van der Waals surface area contributed by atoms with Gasteiger partial charge in [-0.3, -0.25) is 4.79 Å². The number of amides is 1. The predicted molar refractivity (Wildman–Crippen MR) is 71.9 cm³/mol. The van der Waals surface area contributed by atoms with E-state index in [0.29, 0.717) is 6.54 Å². The Labute approximate surface area is 109 Å². The van der Waals surface area contributed by atoms with E-state index in [4.69, 9.17) is 0 Å². The highest BCUT2D eigenvalue weighted by Gasteiger charge is 2.05. The highest BCUT2D eigenvalue weighted by molar-refractivity contribution is 9.10. The van der Waals surface area contributed by atoms with Gasteiger partial charge >= 0.3 is 0 Å². The molecule has 2 rings (SSSR count). The fraction of sp³-hybridized carbons (Fsp3) is 0.154. The van der Waals surface area contributed by atoms with E-state index in [1.54, 1.807) is 0 Å². The summed E-state index contributed by atoms with van der Waals surface area (Å²) in [4.78, 5) is 11.8. The number of nitrogens with one attached hydrogen (secondary N) is 1. The number of halogens is 1. The molecule has 1 N–H and O–H groups in total. The Morgan fingerprint density at radius 1 is 1.35 bits per heavy atom. The Hall–Kier alpha value is -1.55. The van der Waals surface area contributed by atoms with Crippen molar-refractivity contribution in [1.29, 1.82) is 0 Å². The molecule has 0 aliphatic rings. The fourth-order valence-electron chi connectivity index (χ4n) is 1.60. The maximum Gasteiger partial charge on any atom is 0.244 e. The molecule has 1 aromatic heterocycles. The second-order valence-corrected chi connectivity index (χ2v) is 4.78. The zero-order valence-corrected chi connectivity index (χ0v) is 11.1. The Morgan fingerprint density at radius 3 is 2.71 bits per heavy atom. The largest absolute Gasteiger partial charge is 0.345 e. The highest BCUT2D eigenvalue weighted by Crippen LogP contribution is 2.19. The van der Waals surface area contributed by atoms with Crippen molar-refractivity contribution in [3.05, 3.63) is 52.8 Å². The molecular formula is C13H13BrN2O. The average Bonchev–Trinajstić information content (AvgIpc) is 2.75. The molecule has 1 aromatic carbocycles. The smallest absolute Gasteiger partial charge is 0.244 e. The van der Waals surface area contributed by atoms with E-state index in [1.165, 1.54) is 0 Å². The van der Waals surface area contributed by atoms with Crippen molar-refractivity contribution in [2.75, 3.05) is 5.32 Å². The van der Waals surface area contributed by atoms with Gasteiger partial charge in [0.05, 0.1) is 0 Å². The molecule has 0 fully saturated rings. The van der Waals surface area contributed by atoms with Crippen LogP contribution in [0.3, 0.4) is 0 Å². The number of anilines is 1. The topological polar surface area (TPSA) is 34.0 Å². The van der Waals surface area contributed by atoms with Gasteiger partial charge in [-0.2, -0.15) is 0 Å². The average molecular weight is 293 g/mol. The van der Waals surface area contributed by atoms with Gasteiger partial charge in [0.25, 0.3) is 0 Å². The molecule has 0 saturated heterocycles. The molecule has 88 valence electrons. The summed E-state index contributed by atoms with van der Waals surface area (Å²) in [5.41, 5.74) is 1.89. The first-order valence-electron chi connectivity index (χ1n) is 5.32. The van der Waals surface area contributed by atoms with Gasteiger partial charge in [0.15, 0.2) is 0 Å². The molecule has 0 atom stereocenters. The van der Waals surface area contributed by atoms with Gasteiger partial charge < -0.3 is 9.88 Å². The van der Waals surface area contributed by atoms with E-state index >= 15 is 0 Å². The van der Waals surface area contributed by atoms with Gasteiger partial charge in [0, 0.05) is 22.6 Å². The van der Waals surface area contributed by atoms with Gasteiger partial charge in [-0.15, -0.1) is 0 Å². The number of aryl methyl sites for hydroxylation is 1. The number of benzene rings is 1. The number of hydrogen-bond donors (Lipinski definition) is 1. The van der Waals surface area contributed by atoms with Crippen molar-refractivity contribution >= 4 is 27.5 Å². The minimum absolute atomic E-state index is 0.0216. The third kappa shape index (κ3) is 3.20. The number of carbonyl (C=O) groups is 1. The van der Waals surface area contributed by atoms with Gasteiger partial charge in [0.1, 0.15) is 6.54 Å². The number of nitrogens with zero attached hydrogens (tertiary/aromatic N) is 1. The lowest BCUT2D eigenvalue weighted by Crippen LogP contribution is -2.18. The Balaban J connectivity index is 2.03. The summed E-state index contributed by atoms with van der Waals surface area (Å²) in [5.74, 6) is -0.0216. The van der Waals surface area contributed by atoms with Crippen LogP contribution < -0.4 is 5.32 Å². The van der Waals surface area contributed by atoms with E-state index in [-0.39, 0.29) is 5.91 Å². The first-order chi connectivity index (χ1) is 8.15. The molecule has 3 nitrogen and oxygen atoms in total. The number of aromatic nitrogens is 1. The first-order valence-corrected chi connectivity index (χ1v) is 6.11. The van der Waals surface area contributed by atoms with Crippen LogP contribution in [0.5, 0.6) is 0 Å². The van der Waals surface area contributed by atoms with Crippen molar-refractivity contribution < 1.29 is 4.79 Å². The lowest BCUT2D eigenvalue weighted by atomic mass is 10.2. The molecule has 0 bridgehead atoms. The Morgan fingerprint density at radius 2 is 2.06 bits per heavy atom. The SMILES string of the molecule is Cc1cc(Br)ccc1NC(=O)Cn1cccc1. The molecule has 0 radical (unpaired) electrons. The summed E-state index contributed by atoms with van der Waals surface area (Å²) in [5, 5.41) is 2.90. The second kappa shape index (κ2) is 5.19. The van der Waals surface area contributed by atoms with E-state index in [9.17, 15) is 4.79 Å². The van der Waals surface area contributed by atoms with Gasteiger partial charge in [0.2, 0.25) is 5.91 Å². The summed E-state index contributed by atoms with van der Waals surface area (Å²) in [6.07, 6.45) is 3.74. The van der Waals surface area contributed by atoms with Gasteiger partial charge in [-0.25, -0.2) is 0 Å². The number of rotatable bonds is 3. The highest BCUT2D eigenvalue weighted by atomic mass is 79.9.